The van der Waals surface area contributed by atoms with Crippen molar-refractivity contribution in [3.8, 4) is 5.75 Å². The van der Waals surface area contributed by atoms with E-state index < -0.39 is 24.3 Å². The maximum Gasteiger partial charge on any atom is 0.418 e. The first-order valence-electron chi connectivity index (χ1n) is 10.4. The second-order valence-electron chi connectivity index (χ2n) is 7.52. The Bertz CT molecular complexity index is 964. The second-order valence-corrected chi connectivity index (χ2v) is 9.03. The molecule has 0 saturated carbocycles. The number of nitrogens with zero attached hydrogens (tertiary/aromatic N) is 1. The summed E-state index contributed by atoms with van der Waals surface area (Å²) < 4.78 is 46.0. The fourth-order valence-electron chi connectivity index (χ4n) is 3.23. The molecule has 1 unspecified atom stereocenters. The zero-order valence-electron chi connectivity index (χ0n) is 17.9. The Morgan fingerprint density at radius 1 is 1.22 bits per heavy atom. The maximum absolute atomic E-state index is 13.5. The summed E-state index contributed by atoms with van der Waals surface area (Å²) in [5.41, 5.74) is -0.448. The maximum atomic E-state index is 13.5. The molecule has 0 radical (unpaired) electrons. The molecule has 2 aromatic carbocycles. The van der Waals surface area contributed by atoms with Crippen LogP contribution >= 0.6 is 11.8 Å². The molecule has 1 fully saturated rings. The molecule has 9 heteroatoms. The first kappa shape index (κ1) is 24.0. The molecule has 0 aromatic heterocycles. The molecule has 1 saturated heterocycles. The Morgan fingerprint density at radius 3 is 2.53 bits per heavy atom. The van der Waals surface area contributed by atoms with Crippen LogP contribution in [0.4, 0.5) is 24.5 Å². The van der Waals surface area contributed by atoms with Crippen molar-refractivity contribution in [2.24, 2.45) is 0 Å². The largest absolute Gasteiger partial charge is 0.484 e. The van der Waals surface area contributed by atoms with E-state index in [1.807, 2.05) is 13.8 Å². The Morgan fingerprint density at radius 2 is 1.94 bits per heavy atom. The van der Waals surface area contributed by atoms with Crippen molar-refractivity contribution in [3.05, 3.63) is 48.0 Å². The van der Waals surface area contributed by atoms with Gasteiger partial charge in [-0.1, -0.05) is 13.8 Å². The third-order valence-electron chi connectivity index (χ3n) is 5.07. The zero-order valence-corrected chi connectivity index (χ0v) is 18.7. The van der Waals surface area contributed by atoms with Crippen molar-refractivity contribution < 1.29 is 27.5 Å². The molecule has 1 aliphatic rings. The number of anilines is 2. The van der Waals surface area contributed by atoms with Crippen LogP contribution in [0.3, 0.4) is 0 Å². The van der Waals surface area contributed by atoms with Gasteiger partial charge in [0.05, 0.1) is 11.3 Å². The topological polar surface area (TPSA) is 58.6 Å². The molecule has 0 aliphatic carbocycles. The lowest BCUT2D eigenvalue weighted by Gasteiger charge is -2.17. The number of alkyl halides is 3. The van der Waals surface area contributed by atoms with Gasteiger partial charge in [0.1, 0.15) is 5.75 Å². The summed E-state index contributed by atoms with van der Waals surface area (Å²) in [6, 6.07) is 10.6. The number of ether oxygens (including phenoxy) is 1. The average Bonchev–Trinajstić information content (AvgIpc) is 3.18. The van der Waals surface area contributed by atoms with Crippen LogP contribution in [0.1, 0.15) is 38.7 Å². The first-order chi connectivity index (χ1) is 15.2. The first-order valence-corrected chi connectivity index (χ1v) is 11.3. The molecule has 2 amide bonds. The Hall–Kier alpha value is -2.68. The van der Waals surface area contributed by atoms with E-state index in [-0.39, 0.29) is 16.8 Å². The van der Waals surface area contributed by atoms with Gasteiger partial charge < -0.3 is 15.0 Å². The number of halogens is 3. The summed E-state index contributed by atoms with van der Waals surface area (Å²) in [5.74, 6) is -0.254. The Balaban J connectivity index is 1.62. The van der Waals surface area contributed by atoms with Crippen molar-refractivity contribution in [3.63, 3.8) is 0 Å². The van der Waals surface area contributed by atoms with Crippen molar-refractivity contribution in [1.29, 1.82) is 0 Å². The molecule has 1 heterocycles. The van der Waals surface area contributed by atoms with E-state index in [9.17, 15) is 22.8 Å². The van der Waals surface area contributed by atoms with Crippen molar-refractivity contribution in [2.45, 2.75) is 49.4 Å². The number of benzene rings is 2. The summed E-state index contributed by atoms with van der Waals surface area (Å²) in [7, 11) is 0. The van der Waals surface area contributed by atoms with Crippen LogP contribution in [-0.2, 0) is 15.8 Å². The molecule has 5 nitrogen and oxygen atoms in total. The average molecular weight is 467 g/mol. The van der Waals surface area contributed by atoms with Crippen molar-refractivity contribution >= 4 is 35.0 Å². The summed E-state index contributed by atoms with van der Waals surface area (Å²) in [6.07, 6.45) is -2.43. The molecule has 0 spiro atoms. The second kappa shape index (κ2) is 10.3. The van der Waals surface area contributed by atoms with Gasteiger partial charge in [-0.2, -0.15) is 13.2 Å². The summed E-state index contributed by atoms with van der Waals surface area (Å²) in [4.78, 5) is 26.2. The van der Waals surface area contributed by atoms with Crippen molar-refractivity contribution in [2.75, 3.05) is 23.4 Å². The number of carbonyl (C=O) groups excluding carboxylic acids is 2. The van der Waals surface area contributed by atoms with E-state index >= 15 is 0 Å². The summed E-state index contributed by atoms with van der Waals surface area (Å²) in [5, 5.41) is 2.48. The van der Waals surface area contributed by atoms with Crippen LogP contribution in [0.2, 0.25) is 0 Å². The molecule has 1 N–H and O–H groups in total. The molecule has 3 rings (SSSR count). The van der Waals surface area contributed by atoms with Crippen LogP contribution in [0.15, 0.2) is 47.4 Å². The van der Waals surface area contributed by atoms with Gasteiger partial charge in [-0.05, 0) is 55.3 Å². The minimum absolute atomic E-state index is 0.0621. The van der Waals surface area contributed by atoms with Crippen LogP contribution < -0.4 is 15.0 Å². The lowest BCUT2D eigenvalue weighted by molar-refractivity contribution is -0.137. The standard InChI is InChI=1S/C23H25F3N2O3S/c1-3-15(2)32-18-10-11-20(19(13-18)23(24,25)26)27-21(29)14-31-17-8-6-16(7-9-17)28-12-4-5-22(28)30/h6-11,13,15H,3-5,12,14H2,1-2H3,(H,27,29). The Kier molecular flexibility index (Phi) is 7.71. The molecule has 1 aliphatic heterocycles. The molecule has 1 atom stereocenters. The quantitative estimate of drug-likeness (QED) is 0.504. The number of hydrogen-bond donors (Lipinski definition) is 1. The van der Waals surface area contributed by atoms with Gasteiger partial charge in [0.15, 0.2) is 6.61 Å². The van der Waals surface area contributed by atoms with E-state index in [1.54, 1.807) is 35.2 Å². The molecular weight excluding hydrogens is 441 g/mol. The van der Waals surface area contributed by atoms with Crippen LogP contribution in [-0.4, -0.2) is 30.2 Å². The normalized spacial score (nSPS) is 15.0. The lowest BCUT2D eigenvalue weighted by Crippen LogP contribution is -2.23. The third kappa shape index (κ3) is 6.18. The Labute approximate surface area is 189 Å². The smallest absolute Gasteiger partial charge is 0.418 e. The van der Waals surface area contributed by atoms with Gasteiger partial charge in [-0.15, -0.1) is 11.8 Å². The van der Waals surface area contributed by atoms with E-state index in [4.69, 9.17) is 4.74 Å². The minimum Gasteiger partial charge on any atom is -0.484 e. The molecular formula is C23H25F3N2O3S. The zero-order chi connectivity index (χ0) is 23.3. The van der Waals surface area contributed by atoms with Crippen LogP contribution in [0.5, 0.6) is 5.75 Å². The fraction of sp³-hybridized carbons (Fsp3) is 0.391. The fourth-order valence-corrected chi connectivity index (χ4v) is 4.20. The van der Waals surface area contributed by atoms with Gasteiger partial charge in [-0.3, -0.25) is 9.59 Å². The van der Waals surface area contributed by atoms with E-state index in [1.165, 1.54) is 17.8 Å². The number of rotatable bonds is 8. The number of hydrogen-bond acceptors (Lipinski definition) is 4. The molecule has 0 bridgehead atoms. The van der Waals surface area contributed by atoms with Gasteiger partial charge in [-0.25, -0.2) is 0 Å². The van der Waals surface area contributed by atoms with E-state index in [0.717, 1.165) is 24.6 Å². The highest BCUT2D eigenvalue weighted by Crippen LogP contribution is 2.38. The van der Waals surface area contributed by atoms with Gasteiger partial charge in [0.2, 0.25) is 5.91 Å². The number of nitrogens with one attached hydrogen (secondary N) is 1. The highest BCUT2D eigenvalue weighted by Gasteiger charge is 2.34. The number of thioether (sulfide) groups is 1. The predicted molar refractivity (Wildman–Crippen MR) is 119 cm³/mol. The summed E-state index contributed by atoms with van der Waals surface area (Å²) >= 11 is 1.36. The molecule has 2 aromatic rings. The van der Waals surface area contributed by atoms with E-state index in [2.05, 4.69) is 5.32 Å². The van der Waals surface area contributed by atoms with E-state index in [0.29, 0.717) is 23.6 Å². The van der Waals surface area contributed by atoms with Gasteiger partial charge in [0.25, 0.3) is 5.91 Å². The SMILES string of the molecule is CCC(C)Sc1ccc(NC(=O)COc2ccc(N3CCCC3=O)cc2)c(C(F)(F)F)c1. The van der Waals surface area contributed by atoms with Crippen LogP contribution in [0, 0.1) is 0 Å². The van der Waals surface area contributed by atoms with Gasteiger partial charge >= 0.3 is 6.18 Å². The number of amides is 2. The summed E-state index contributed by atoms with van der Waals surface area (Å²) in [6.45, 7) is 4.14. The molecule has 32 heavy (non-hydrogen) atoms. The predicted octanol–water partition coefficient (Wildman–Crippen LogP) is 5.74. The minimum atomic E-state index is -4.60. The number of carbonyl (C=O) groups is 2. The third-order valence-corrected chi connectivity index (χ3v) is 6.34. The van der Waals surface area contributed by atoms with Gasteiger partial charge in [0, 0.05) is 28.8 Å². The monoisotopic (exact) mass is 466 g/mol. The highest BCUT2D eigenvalue weighted by atomic mass is 32.2. The highest BCUT2D eigenvalue weighted by molar-refractivity contribution is 7.99. The van der Waals surface area contributed by atoms with Crippen LogP contribution in [0.25, 0.3) is 0 Å². The molecule has 172 valence electrons. The lowest BCUT2D eigenvalue weighted by atomic mass is 10.1. The van der Waals surface area contributed by atoms with Crippen molar-refractivity contribution in [1.82, 2.24) is 0 Å².